The molecule has 0 aromatic carbocycles. The number of hydrogen-bond acceptors (Lipinski definition) is 4. The SMILES string of the molecule is CN1CCC2(CC1)CN(C1CCNCC1)CCO2. The van der Waals surface area contributed by atoms with Crippen molar-refractivity contribution in [2.24, 2.45) is 0 Å². The van der Waals surface area contributed by atoms with Gasteiger partial charge in [0, 0.05) is 32.2 Å². The third kappa shape index (κ3) is 2.72. The Hall–Kier alpha value is -0.160. The maximum absolute atomic E-state index is 6.19. The zero-order chi connectivity index (χ0) is 12.4. The molecule has 3 aliphatic rings. The quantitative estimate of drug-likeness (QED) is 0.738. The zero-order valence-electron chi connectivity index (χ0n) is 11.7. The Labute approximate surface area is 111 Å². The summed E-state index contributed by atoms with van der Waals surface area (Å²) in [6, 6.07) is 0.798. The molecule has 0 atom stereocenters. The van der Waals surface area contributed by atoms with Gasteiger partial charge in [0.25, 0.3) is 0 Å². The molecule has 18 heavy (non-hydrogen) atoms. The first-order valence-corrected chi connectivity index (χ1v) is 7.55. The van der Waals surface area contributed by atoms with Crippen LogP contribution in [0.5, 0.6) is 0 Å². The van der Waals surface area contributed by atoms with Crippen molar-refractivity contribution in [1.82, 2.24) is 15.1 Å². The summed E-state index contributed by atoms with van der Waals surface area (Å²) in [7, 11) is 2.22. The van der Waals surface area contributed by atoms with Gasteiger partial charge in [0.1, 0.15) is 0 Å². The number of nitrogens with one attached hydrogen (secondary N) is 1. The first kappa shape index (κ1) is 12.9. The molecule has 3 saturated heterocycles. The van der Waals surface area contributed by atoms with Gasteiger partial charge in [-0.15, -0.1) is 0 Å². The summed E-state index contributed by atoms with van der Waals surface area (Å²) in [6.45, 7) is 8.02. The molecule has 0 aliphatic carbocycles. The van der Waals surface area contributed by atoms with Gasteiger partial charge in [-0.25, -0.2) is 0 Å². The number of piperidine rings is 2. The van der Waals surface area contributed by atoms with Gasteiger partial charge in [-0.1, -0.05) is 0 Å². The van der Waals surface area contributed by atoms with Crippen molar-refractivity contribution in [1.29, 1.82) is 0 Å². The lowest BCUT2D eigenvalue weighted by molar-refractivity contribution is -0.143. The largest absolute Gasteiger partial charge is 0.372 e. The fraction of sp³-hybridized carbons (Fsp3) is 1.00. The molecule has 104 valence electrons. The highest BCUT2D eigenvalue weighted by Crippen LogP contribution is 2.31. The van der Waals surface area contributed by atoms with Crippen LogP contribution in [0.15, 0.2) is 0 Å². The molecule has 3 heterocycles. The van der Waals surface area contributed by atoms with Crippen LogP contribution in [0.3, 0.4) is 0 Å². The average molecular weight is 253 g/mol. The minimum Gasteiger partial charge on any atom is -0.372 e. The Balaban J connectivity index is 1.60. The van der Waals surface area contributed by atoms with E-state index in [-0.39, 0.29) is 5.60 Å². The third-order valence-electron chi connectivity index (χ3n) is 5.00. The topological polar surface area (TPSA) is 27.7 Å². The molecular weight excluding hydrogens is 226 g/mol. The minimum absolute atomic E-state index is 0.176. The Morgan fingerprint density at radius 2 is 1.83 bits per heavy atom. The Morgan fingerprint density at radius 1 is 1.11 bits per heavy atom. The summed E-state index contributed by atoms with van der Waals surface area (Å²) in [5, 5.41) is 3.47. The van der Waals surface area contributed by atoms with E-state index < -0.39 is 0 Å². The van der Waals surface area contributed by atoms with Crippen LogP contribution in [0.1, 0.15) is 25.7 Å². The van der Waals surface area contributed by atoms with Gasteiger partial charge in [-0.3, -0.25) is 4.90 Å². The van der Waals surface area contributed by atoms with Crippen molar-refractivity contribution in [3.8, 4) is 0 Å². The van der Waals surface area contributed by atoms with E-state index in [0.717, 1.165) is 19.2 Å². The van der Waals surface area contributed by atoms with Crippen LogP contribution in [0.2, 0.25) is 0 Å². The second-order valence-electron chi connectivity index (χ2n) is 6.29. The minimum atomic E-state index is 0.176. The molecule has 0 bridgehead atoms. The first-order chi connectivity index (χ1) is 8.77. The lowest BCUT2D eigenvalue weighted by atomic mass is 9.88. The van der Waals surface area contributed by atoms with Gasteiger partial charge in [0.05, 0.1) is 12.2 Å². The number of ether oxygens (including phenoxy) is 1. The molecule has 1 N–H and O–H groups in total. The van der Waals surface area contributed by atoms with E-state index in [2.05, 4.69) is 22.2 Å². The summed E-state index contributed by atoms with van der Waals surface area (Å²) < 4.78 is 6.19. The highest BCUT2D eigenvalue weighted by Gasteiger charge is 2.40. The predicted molar refractivity (Wildman–Crippen MR) is 72.9 cm³/mol. The maximum atomic E-state index is 6.19. The molecule has 3 aliphatic heterocycles. The van der Waals surface area contributed by atoms with Crippen LogP contribution in [0, 0.1) is 0 Å². The fourth-order valence-electron chi connectivity index (χ4n) is 3.69. The highest BCUT2D eigenvalue weighted by molar-refractivity contribution is 4.94. The van der Waals surface area contributed by atoms with E-state index >= 15 is 0 Å². The maximum Gasteiger partial charge on any atom is 0.0833 e. The summed E-state index contributed by atoms with van der Waals surface area (Å²) in [5.41, 5.74) is 0.176. The van der Waals surface area contributed by atoms with Crippen LogP contribution in [0.4, 0.5) is 0 Å². The molecule has 0 aromatic rings. The molecule has 3 rings (SSSR count). The third-order valence-corrected chi connectivity index (χ3v) is 5.00. The van der Waals surface area contributed by atoms with E-state index in [1.54, 1.807) is 0 Å². The van der Waals surface area contributed by atoms with Crippen LogP contribution in [-0.2, 0) is 4.74 Å². The normalized spacial score (nSPS) is 31.8. The standard InChI is InChI=1S/C14H27N3O/c1-16-8-4-14(5-9-16)12-17(10-11-18-14)13-2-6-15-7-3-13/h13,15H,2-12H2,1H3. The number of hydrogen-bond donors (Lipinski definition) is 1. The summed E-state index contributed by atoms with van der Waals surface area (Å²) in [4.78, 5) is 5.15. The molecule has 4 nitrogen and oxygen atoms in total. The van der Waals surface area contributed by atoms with Crippen LogP contribution in [0.25, 0.3) is 0 Å². The van der Waals surface area contributed by atoms with Gasteiger partial charge in [-0.05, 0) is 45.8 Å². The molecule has 0 radical (unpaired) electrons. The van der Waals surface area contributed by atoms with E-state index in [4.69, 9.17) is 4.74 Å². The lowest BCUT2D eigenvalue weighted by Crippen LogP contribution is -2.59. The number of morpholine rings is 1. The molecule has 1 spiro atoms. The fourth-order valence-corrected chi connectivity index (χ4v) is 3.69. The van der Waals surface area contributed by atoms with Crippen molar-refractivity contribution in [3.63, 3.8) is 0 Å². The lowest BCUT2D eigenvalue weighted by Gasteiger charge is -2.49. The molecule has 0 aromatic heterocycles. The van der Waals surface area contributed by atoms with Gasteiger partial charge in [0.2, 0.25) is 0 Å². The molecular formula is C14H27N3O. The van der Waals surface area contributed by atoms with Gasteiger partial charge >= 0.3 is 0 Å². The zero-order valence-corrected chi connectivity index (χ0v) is 11.7. The average Bonchev–Trinajstić information content (AvgIpc) is 2.44. The van der Waals surface area contributed by atoms with Crippen molar-refractivity contribution in [2.75, 3.05) is 52.9 Å². The van der Waals surface area contributed by atoms with E-state index in [1.807, 2.05) is 0 Å². The van der Waals surface area contributed by atoms with E-state index in [1.165, 1.54) is 58.4 Å². The van der Waals surface area contributed by atoms with Gasteiger partial charge in [0.15, 0.2) is 0 Å². The molecule has 0 unspecified atom stereocenters. The van der Waals surface area contributed by atoms with Crippen molar-refractivity contribution >= 4 is 0 Å². The summed E-state index contributed by atoms with van der Waals surface area (Å²) in [5.74, 6) is 0. The number of rotatable bonds is 1. The highest BCUT2D eigenvalue weighted by atomic mass is 16.5. The Bertz CT molecular complexity index is 270. The van der Waals surface area contributed by atoms with E-state index in [9.17, 15) is 0 Å². The Kier molecular flexibility index (Phi) is 3.89. The predicted octanol–water partition coefficient (Wildman–Crippen LogP) is 0.535. The van der Waals surface area contributed by atoms with Crippen LogP contribution in [-0.4, -0.2) is 74.4 Å². The summed E-state index contributed by atoms with van der Waals surface area (Å²) >= 11 is 0. The second kappa shape index (κ2) is 5.45. The number of nitrogens with zero attached hydrogens (tertiary/aromatic N) is 2. The van der Waals surface area contributed by atoms with Crippen molar-refractivity contribution < 1.29 is 4.74 Å². The molecule has 4 heteroatoms. The van der Waals surface area contributed by atoms with Crippen molar-refractivity contribution in [3.05, 3.63) is 0 Å². The van der Waals surface area contributed by atoms with Crippen LogP contribution >= 0.6 is 0 Å². The monoisotopic (exact) mass is 253 g/mol. The van der Waals surface area contributed by atoms with Gasteiger partial charge < -0.3 is 15.0 Å². The smallest absolute Gasteiger partial charge is 0.0833 e. The van der Waals surface area contributed by atoms with Crippen molar-refractivity contribution in [2.45, 2.75) is 37.3 Å². The molecule has 0 amide bonds. The number of likely N-dealkylation sites (tertiary alicyclic amines) is 1. The van der Waals surface area contributed by atoms with Gasteiger partial charge in [-0.2, -0.15) is 0 Å². The van der Waals surface area contributed by atoms with Crippen LogP contribution < -0.4 is 5.32 Å². The Morgan fingerprint density at radius 3 is 2.56 bits per heavy atom. The first-order valence-electron chi connectivity index (χ1n) is 7.55. The molecule has 3 fully saturated rings. The van der Waals surface area contributed by atoms with E-state index in [0.29, 0.717) is 0 Å². The second-order valence-corrected chi connectivity index (χ2v) is 6.29. The summed E-state index contributed by atoms with van der Waals surface area (Å²) in [6.07, 6.45) is 5.06. The molecule has 0 saturated carbocycles.